The lowest BCUT2D eigenvalue weighted by molar-refractivity contribution is -0.119. The number of esters is 1. The first-order valence-corrected chi connectivity index (χ1v) is 10.6. The van der Waals surface area contributed by atoms with Gasteiger partial charge in [0.2, 0.25) is 10.0 Å². The van der Waals surface area contributed by atoms with Gasteiger partial charge in [-0.25, -0.2) is 17.5 Å². The normalized spacial score (nSPS) is 11.5. The van der Waals surface area contributed by atoms with Crippen molar-refractivity contribution in [3.8, 4) is 0 Å². The Hall–Kier alpha value is -2.71. The fraction of sp³-hybridized carbons (Fsp3) is 0.333. The molecule has 0 aliphatic rings. The Balaban J connectivity index is 1.94. The van der Waals surface area contributed by atoms with Crippen LogP contribution in [-0.4, -0.2) is 45.3 Å². The smallest absolute Gasteiger partial charge is 0.338 e. The lowest BCUT2D eigenvalue weighted by Crippen LogP contribution is -2.23. The van der Waals surface area contributed by atoms with Gasteiger partial charge in [0.15, 0.2) is 6.61 Å². The molecule has 0 spiro atoms. The number of anilines is 1. The number of amides is 1. The van der Waals surface area contributed by atoms with Gasteiger partial charge in [-0.2, -0.15) is 0 Å². The molecular weight excluding hydrogens is 392 g/mol. The third-order valence-corrected chi connectivity index (χ3v) is 5.88. The van der Waals surface area contributed by atoms with Crippen LogP contribution in [0.25, 0.3) is 0 Å². The van der Waals surface area contributed by atoms with Gasteiger partial charge < -0.3 is 10.1 Å². The summed E-state index contributed by atoms with van der Waals surface area (Å²) in [6.07, 6.45) is 0.917. The molecule has 0 heterocycles. The highest BCUT2D eigenvalue weighted by atomic mass is 32.2. The van der Waals surface area contributed by atoms with Crippen LogP contribution < -0.4 is 5.32 Å². The largest absolute Gasteiger partial charge is 0.452 e. The first-order valence-electron chi connectivity index (χ1n) is 9.18. The Labute approximate surface area is 171 Å². The van der Waals surface area contributed by atoms with Gasteiger partial charge in [0.05, 0.1) is 10.5 Å². The molecule has 1 amide bonds. The summed E-state index contributed by atoms with van der Waals surface area (Å²) < 4.78 is 30.5. The molecule has 0 bridgehead atoms. The SMILES string of the molecule is CC(C)Cc1ccc(C(=O)OCC(=O)Nc2cccc(S(=O)(=O)N(C)C)c2)cc1. The zero-order valence-electron chi connectivity index (χ0n) is 17.0. The van der Waals surface area contributed by atoms with Crippen molar-refractivity contribution >= 4 is 27.6 Å². The number of hydrogen-bond donors (Lipinski definition) is 1. The molecule has 29 heavy (non-hydrogen) atoms. The molecule has 0 fully saturated rings. The van der Waals surface area contributed by atoms with Crippen LogP contribution in [-0.2, 0) is 26.0 Å². The van der Waals surface area contributed by atoms with Crippen LogP contribution in [0.4, 0.5) is 5.69 Å². The maximum absolute atomic E-state index is 12.2. The van der Waals surface area contributed by atoms with Crippen LogP contribution in [0.15, 0.2) is 53.4 Å². The number of ether oxygens (including phenoxy) is 1. The van der Waals surface area contributed by atoms with E-state index in [1.165, 1.54) is 32.3 Å². The summed E-state index contributed by atoms with van der Waals surface area (Å²) in [5.74, 6) is -0.642. The quantitative estimate of drug-likeness (QED) is 0.666. The summed E-state index contributed by atoms with van der Waals surface area (Å²) in [6, 6.07) is 13.0. The molecule has 2 rings (SSSR count). The van der Waals surface area contributed by atoms with Gasteiger partial charge in [0.1, 0.15) is 0 Å². The second-order valence-electron chi connectivity index (χ2n) is 7.23. The van der Waals surface area contributed by atoms with E-state index in [9.17, 15) is 18.0 Å². The molecule has 0 saturated heterocycles. The summed E-state index contributed by atoms with van der Waals surface area (Å²) >= 11 is 0. The number of benzene rings is 2. The monoisotopic (exact) mass is 418 g/mol. The predicted molar refractivity (Wildman–Crippen MR) is 111 cm³/mol. The van der Waals surface area contributed by atoms with Crippen molar-refractivity contribution < 1.29 is 22.7 Å². The Morgan fingerprint density at radius 3 is 2.31 bits per heavy atom. The van der Waals surface area contributed by atoms with Crippen LogP contribution in [0.3, 0.4) is 0 Å². The Morgan fingerprint density at radius 1 is 1.07 bits per heavy atom. The number of nitrogens with one attached hydrogen (secondary N) is 1. The Morgan fingerprint density at radius 2 is 1.72 bits per heavy atom. The second kappa shape index (κ2) is 9.67. The van der Waals surface area contributed by atoms with E-state index in [4.69, 9.17) is 4.74 Å². The Kier molecular flexibility index (Phi) is 7.53. The van der Waals surface area contributed by atoms with Gasteiger partial charge in [0.25, 0.3) is 5.91 Å². The lowest BCUT2D eigenvalue weighted by Gasteiger charge is -2.13. The van der Waals surface area contributed by atoms with E-state index in [1.807, 2.05) is 12.1 Å². The molecule has 8 heteroatoms. The zero-order chi connectivity index (χ0) is 21.6. The van der Waals surface area contributed by atoms with Crippen LogP contribution in [0.2, 0.25) is 0 Å². The molecular formula is C21H26N2O5S. The number of nitrogens with zero attached hydrogens (tertiary/aromatic N) is 1. The molecule has 2 aromatic carbocycles. The highest BCUT2D eigenvalue weighted by Gasteiger charge is 2.18. The van der Waals surface area contributed by atoms with E-state index in [0.29, 0.717) is 17.2 Å². The maximum atomic E-state index is 12.2. The van der Waals surface area contributed by atoms with Gasteiger partial charge in [-0.1, -0.05) is 32.0 Å². The summed E-state index contributed by atoms with van der Waals surface area (Å²) in [5.41, 5.74) is 1.79. The standard InChI is InChI=1S/C21H26N2O5S/c1-15(2)12-16-8-10-17(11-9-16)21(25)28-14-20(24)22-18-6-5-7-19(13-18)29(26,27)23(3)4/h5-11,13,15H,12,14H2,1-4H3,(H,22,24). The minimum Gasteiger partial charge on any atom is -0.452 e. The van der Waals surface area contributed by atoms with Gasteiger partial charge in [-0.05, 0) is 48.2 Å². The van der Waals surface area contributed by atoms with Gasteiger partial charge in [-0.15, -0.1) is 0 Å². The highest BCUT2D eigenvalue weighted by Crippen LogP contribution is 2.18. The van der Waals surface area contributed by atoms with Crippen LogP contribution in [0, 0.1) is 5.92 Å². The topological polar surface area (TPSA) is 92.8 Å². The first kappa shape index (κ1) is 22.6. The van der Waals surface area contributed by atoms with Gasteiger partial charge in [-0.3, -0.25) is 4.79 Å². The number of sulfonamides is 1. The lowest BCUT2D eigenvalue weighted by atomic mass is 10.0. The Bertz CT molecular complexity index is 967. The minimum atomic E-state index is -3.61. The van der Waals surface area contributed by atoms with Crippen molar-refractivity contribution in [1.82, 2.24) is 4.31 Å². The third-order valence-electron chi connectivity index (χ3n) is 4.06. The van der Waals surface area contributed by atoms with Crippen molar-refractivity contribution in [3.63, 3.8) is 0 Å². The minimum absolute atomic E-state index is 0.0544. The van der Waals surface area contributed by atoms with Crippen LogP contribution in [0.5, 0.6) is 0 Å². The summed E-state index contributed by atoms with van der Waals surface area (Å²) in [6.45, 7) is 3.76. The van der Waals surface area contributed by atoms with E-state index in [0.717, 1.165) is 16.3 Å². The molecule has 2 aromatic rings. The van der Waals surface area contributed by atoms with E-state index < -0.39 is 28.5 Å². The number of rotatable bonds is 8. The number of carbonyl (C=O) groups excluding carboxylic acids is 2. The van der Waals surface area contributed by atoms with Gasteiger partial charge in [0, 0.05) is 19.8 Å². The zero-order valence-corrected chi connectivity index (χ0v) is 17.8. The third kappa shape index (κ3) is 6.40. The van der Waals surface area contributed by atoms with Crippen molar-refractivity contribution in [2.75, 3.05) is 26.0 Å². The molecule has 156 valence electrons. The maximum Gasteiger partial charge on any atom is 0.338 e. The van der Waals surface area contributed by atoms with E-state index in [2.05, 4.69) is 19.2 Å². The number of hydrogen-bond acceptors (Lipinski definition) is 5. The van der Waals surface area contributed by atoms with Crippen molar-refractivity contribution in [2.24, 2.45) is 5.92 Å². The molecule has 1 N–H and O–H groups in total. The van der Waals surface area contributed by atoms with E-state index >= 15 is 0 Å². The van der Waals surface area contributed by atoms with Crippen molar-refractivity contribution in [2.45, 2.75) is 25.2 Å². The molecule has 0 unspecified atom stereocenters. The first-order chi connectivity index (χ1) is 13.6. The van der Waals surface area contributed by atoms with Crippen molar-refractivity contribution in [3.05, 3.63) is 59.7 Å². The molecule has 7 nitrogen and oxygen atoms in total. The van der Waals surface area contributed by atoms with Crippen molar-refractivity contribution in [1.29, 1.82) is 0 Å². The van der Waals surface area contributed by atoms with E-state index in [-0.39, 0.29) is 4.90 Å². The highest BCUT2D eigenvalue weighted by molar-refractivity contribution is 7.89. The summed E-state index contributed by atoms with van der Waals surface area (Å²) in [5, 5.41) is 2.53. The van der Waals surface area contributed by atoms with Gasteiger partial charge >= 0.3 is 5.97 Å². The molecule has 0 aliphatic carbocycles. The van der Waals surface area contributed by atoms with Crippen LogP contribution >= 0.6 is 0 Å². The average molecular weight is 419 g/mol. The summed E-state index contributed by atoms with van der Waals surface area (Å²) in [4.78, 5) is 24.2. The molecule has 0 atom stereocenters. The molecule has 0 aromatic heterocycles. The van der Waals surface area contributed by atoms with Crippen LogP contribution in [0.1, 0.15) is 29.8 Å². The fourth-order valence-electron chi connectivity index (χ4n) is 2.60. The fourth-order valence-corrected chi connectivity index (χ4v) is 3.55. The molecule has 0 saturated carbocycles. The number of carbonyl (C=O) groups is 2. The predicted octanol–water partition coefficient (Wildman–Crippen LogP) is 2.93. The second-order valence-corrected chi connectivity index (χ2v) is 9.39. The molecule has 0 radical (unpaired) electrons. The summed E-state index contributed by atoms with van der Waals surface area (Å²) in [7, 11) is -0.760. The average Bonchev–Trinajstić information content (AvgIpc) is 2.66. The van der Waals surface area contributed by atoms with E-state index in [1.54, 1.807) is 18.2 Å². The molecule has 0 aliphatic heterocycles.